The summed E-state index contributed by atoms with van der Waals surface area (Å²) in [6.45, 7) is 3.84. The zero-order valence-corrected chi connectivity index (χ0v) is 16.3. The van der Waals surface area contributed by atoms with E-state index in [2.05, 4.69) is 32.2 Å². The van der Waals surface area contributed by atoms with E-state index in [4.69, 9.17) is 4.74 Å². The number of guanidine groups is 1. The van der Waals surface area contributed by atoms with E-state index in [1.165, 1.54) is 26.0 Å². The molecule has 1 unspecified atom stereocenters. The van der Waals surface area contributed by atoms with Gasteiger partial charge in [-0.15, -0.1) is 0 Å². The Bertz CT molecular complexity index is 613. The summed E-state index contributed by atoms with van der Waals surface area (Å²) >= 11 is 0. The normalized spacial score (nSPS) is 18.0. The summed E-state index contributed by atoms with van der Waals surface area (Å²) in [5.74, 6) is 1.93. The number of alkyl halides is 2. The SMILES string of the molecule is CCCN1CCC(CNC(=NC)NCc2cc(OC)ccc2OC(F)F)C1. The van der Waals surface area contributed by atoms with Crippen molar-refractivity contribution in [1.29, 1.82) is 0 Å². The predicted octanol–water partition coefficient (Wildman–Crippen LogP) is 2.69. The molecule has 1 fully saturated rings. The van der Waals surface area contributed by atoms with Crippen molar-refractivity contribution in [3.8, 4) is 11.5 Å². The third-order valence-corrected chi connectivity index (χ3v) is 4.62. The van der Waals surface area contributed by atoms with Crippen LogP contribution >= 0.6 is 0 Å². The fourth-order valence-corrected chi connectivity index (χ4v) is 3.27. The van der Waals surface area contributed by atoms with Crippen LogP contribution in [0.3, 0.4) is 0 Å². The minimum Gasteiger partial charge on any atom is -0.497 e. The number of ether oxygens (including phenoxy) is 2. The Labute approximate surface area is 159 Å². The third-order valence-electron chi connectivity index (χ3n) is 4.62. The quantitative estimate of drug-likeness (QED) is 0.506. The molecule has 2 N–H and O–H groups in total. The second-order valence-electron chi connectivity index (χ2n) is 6.61. The van der Waals surface area contributed by atoms with Crippen molar-refractivity contribution in [3.05, 3.63) is 23.8 Å². The van der Waals surface area contributed by atoms with E-state index in [1.54, 1.807) is 19.2 Å². The molecule has 6 nitrogen and oxygen atoms in total. The van der Waals surface area contributed by atoms with Crippen LogP contribution in [0, 0.1) is 5.92 Å². The average Bonchev–Trinajstić information content (AvgIpc) is 3.10. The first-order chi connectivity index (χ1) is 13.0. The van der Waals surface area contributed by atoms with Gasteiger partial charge in [0.2, 0.25) is 0 Å². The molecule has 1 saturated heterocycles. The standard InChI is InChI=1S/C19H30F2N4O2/c1-4-8-25-9-7-14(13-25)11-23-19(22-2)24-12-15-10-16(26-3)5-6-17(15)27-18(20)21/h5-6,10,14,18H,4,7-9,11-13H2,1-3H3,(H2,22,23,24). The maximum atomic E-state index is 12.6. The fourth-order valence-electron chi connectivity index (χ4n) is 3.27. The van der Waals surface area contributed by atoms with Gasteiger partial charge < -0.3 is 25.0 Å². The maximum absolute atomic E-state index is 12.6. The predicted molar refractivity (Wildman–Crippen MR) is 103 cm³/mol. The van der Waals surface area contributed by atoms with E-state index >= 15 is 0 Å². The molecule has 0 aliphatic carbocycles. The summed E-state index contributed by atoms with van der Waals surface area (Å²) < 4.78 is 35.0. The van der Waals surface area contributed by atoms with Crippen LogP contribution in [0.25, 0.3) is 0 Å². The molecule has 1 aromatic carbocycles. The number of halogens is 2. The summed E-state index contributed by atoms with van der Waals surface area (Å²) in [5, 5.41) is 6.48. The van der Waals surface area contributed by atoms with Gasteiger partial charge in [0, 0.05) is 32.2 Å². The van der Waals surface area contributed by atoms with Crippen LogP contribution in [0.15, 0.2) is 23.2 Å². The first-order valence-corrected chi connectivity index (χ1v) is 9.34. The van der Waals surface area contributed by atoms with Gasteiger partial charge in [-0.3, -0.25) is 4.99 Å². The molecule has 0 spiro atoms. The van der Waals surface area contributed by atoms with Gasteiger partial charge in [-0.05, 0) is 50.0 Å². The molecule has 0 amide bonds. The lowest BCUT2D eigenvalue weighted by Gasteiger charge is -2.18. The molecule has 1 heterocycles. The van der Waals surface area contributed by atoms with Gasteiger partial charge in [-0.1, -0.05) is 6.92 Å². The molecule has 1 atom stereocenters. The lowest BCUT2D eigenvalue weighted by Crippen LogP contribution is -2.40. The number of likely N-dealkylation sites (tertiary alicyclic amines) is 1. The molecule has 152 valence electrons. The number of aliphatic imine (C=N–C) groups is 1. The number of hydrogen-bond donors (Lipinski definition) is 2. The van der Waals surface area contributed by atoms with Crippen molar-refractivity contribution in [2.24, 2.45) is 10.9 Å². The van der Waals surface area contributed by atoms with Crippen molar-refractivity contribution in [1.82, 2.24) is 15.5 Å². The van der Waals surface area contributed by atoms with Crippen molar-refractivity contribution < 1.29 is 18.3 Å². The van der Waals surface area contributed by atoms with E-state index in [0.717, 1.165) is 26.2 Å². The van der Waals surface area contributed by atoms with Crippen molar-refractivity contribution in [2.45, 2.75) is 32.9 Å². The van der Waals surface area contributed by atoms with Crippen molar-refractivity contribution >= 4 is 5.96 Å². The van der Waals surface area contributed by atoms with E-state index in [0.29, 0.717) is 29.7 Å². The van der Waals surface area contributed by atoms with Gasteiger partial charge in [0.25, 0.3) is 0 Å². The molecule has 0 saturated carbocycles. The highest BCUT2D eigenvalue weighted by Gasteiger charge is 2.21. The van der Waals surface area contributed by atoms with Crippen LogP contribution in [-0.4, -0.2) is 57.8 Å². The summed E-state index contributed by atoms with van der Waals surface area (Å²) in [7, 11) is 3.22. The van der Waals surface area contributed by atoms with Crippen LogP contribution in [0.4, 0.5) is 8.78 Å². The molecule has 0 bridgehead atoms. The lowest BCUT2D eigenvalue weighted by atomic mass is 10.1. The Balaban J connectivity index is 1.88. The van der Waals surface area contributed by atoms with Crippen LogP contribution in [0.5, 0.6) is 11.5 Å². The van der Waals surface area contributed by atoms with Gasteiger partial charge >= 0.3 is 6.61 Å². The second kappa shape index (κ2) is 10.9. The first kappa shape index (κ1) is 21.2. The monoisotopic (exact) mass is 384 g/mol. The van der Waals surface area contributed by atoms with Gasteiger partial charge in [-0.25, -0.2) is 0 Å². The molecule has 1 aliphatic heterocycles. The zero-order valence-electron chi connectivity index (χ0n) is 16.3. The molecule has 0 aromatic heterocycles. The number of nitrogens with zero attached hydrogens (tertiary/aromatic N) is 2. The third kappa shape index (κ3) is 6.86. The highest BCUT2D eigenvalue weighted by atomic mass is 19.3. The van der Waals surface area contributed by atoms with Crippen molar-refractivity contribution in [3.63, 3.8) is 0 Å². The van der Waals surface area contributed by atoms with E-state index in [1.807, 2.05) is 0 Å². The first-order valence-electron chi connectivity index (χ1n) is 9.34. The minimum atomic E-state index is -2.87. The highest BCUT2D eigenvalue weighted by molar-refractivity contribution is 5.79. The zero-order chi connectivity index (χ0) is 19.6. The van der Waals surface area contributed by atoms with E-state index < -0.39 is 6.61 Å². The van der Waals surface area contributed by atoms with Crippen LogP contribution in [0.2, 0.25) is 0 Å². The summed E-state index contributed by atoms with van der Waals surface area (Å²) in [6, 6.07) is 4.76. The number of benzene rings is 1. The average molecular weight is 384 g/mol. The Hall–Kier alpha value is -2.09. The molecular formula is C19H30F2N4O2. The van der Waals surface area contributed by atoms with Gasteiger partial charge in [0.1, 0.15) is 11.5 Å². The topological polar surface area (TPSA) is 58.1 Å². The van der Waals surface area contributed by atoms with Gasteiger partial charge in [0.15, 0.2) is 5.96 Å². The molecule has 1 aromatic rings. The molecule has 0 radical (unpaired) electrons. The summed E-state index contributed by atoms with van der Waals surface area (Å²) in [4.78, 5) is 6.69. The van der Waals surface area contributed by atoms with E-state index in [-0.39, 0.29) is 5.75 Å². The number of rotatable bonds is 9. The second-order valence-corrected chi connectivity index (χ2v) is 6.61. The molecule has 27 heavy (non-hydrogen) atoms. The fraction of sp³-hybridized carbons (Fsp3) is 0.632. The molecule has 2 rings (SSSR count). The Kier molecular flexibility index (Phi) is 8.57. The smallest absolute Gasteiger partial charge is 0.387 e. The largest absolute Gasteiger partial charge is 0.497 e. The summed E-state index contributed by atoms with van der Waals surface area (Å²) in [5.41, 5.74) is 0.576. The summed E-state index contributed by atoms with van der Waals surface area (Å²) in [6.07, 6.45) is 2.35. The minimum absolute atomic E-state index is 0.125. The van der Waals surface area contributed by atoms with Crippen LogP contribution < -0.4 is 20.1 Å². The lowest BCUT2D eigenvalue weighted by molar-refractivity contribution is -0.0504. The number of nitrogens with one attached hydrogen (secondary N) is 2. The Morgan fingerprint density at radius 1 is 1.37 bits per heavy atom. The number of hydrogen-bond acceptors (Lipinski definition) is 4. The van der Waals surface area contributed by atoms with E-state index in [9.17, 15) is 8.78 Å². The van der Waals surface area contributed by atoms with Gasteiger partial charge in [0.05, 0.1) is 7.11 Å². The van der Waals surface area contributed by atoms with Crippen LogP contribution in [0.1, 0.15) is 25.3 Å². The highest BCUT2D eigenvalue weighted by Crippen LogP contribution is 2.25. The molecule has 8 heteroatoms. The van der Waals surface area contributed by atoms with Gasteiger partial charge in [-0.2, -0.15) is 8.78 Å². The molecule has 1 aliphatic rings. The Morgan fingerprint density at radius 3 is 2.85 bits per heavy atom. The Morgan fingerprint density at radius 2 is 2.19 bits per heavy atom. The maximum Gasteiger partial charge on any atom is 0.387 e. The van der Waals surface area contributed by atoms with Crippen molar-refractivity contribution in [2.75, 3.05) is 40.3 Å². The molecular weight excluding hydrogens is 354 g/mol. The number of methoxy groups -OCH3 is 1. The van der Waals surface area contributed by atoms with Crippen LogP contribution in [-0.2, 0) is 6.54 Å².